The number of anilines is 1. The molecule has 4 aromatic rings. The van der Waals surface area contributed by atoms with E-state index >= 15 is 0 Å². The van der Waals surface area contributed by atoms with Crippen molar-refractivity contribution in [3.05, 3.63) is 47.3 Å². The Morgan fingerprint density at radius 3 is 2.74 bits per heavy atom. The lowest BCUT2D eigenvalue weighted by Crippen LogP contribution is -2.07. The third kappa shape index (κ3) is 5.90. The van der Waals surface area contributed by atoms with E-state index in [9.17, 15) is 0 Å². The van der Waals surface area contributed by atoms with Crippen LogP contribution in [0.25, 0.3) is 21.3 Å². The summed E-state index contributed by atoms with van der Waals surface area (Å²) in [5.74, 6) is 1.16. The molecule has 0 bridgehead atoms. The molecule has 0 aliphatic rings. The number of para-hydroxylation sites is 2. The summed E-state index contributed by atoms with van der Waals surface area (Å²) in [6.07, 6.45) is 9.45. The van der Waals surface area contributed by atoms with Crippen LogP contribution in [0.5, 0.6) is 0 Å². The SMILES string of the molecule is CCCCCCCCCSc1nc2ccc(NCn3c(=S)oc4ccccc43)cc2s1. The second-order valence-corrected chi connectivity index (χ2v) is 10.5. The number of thiazole rings is 1. The molecule has 164 valence electrons. The van der Waals surface area contributed by atoms with Gasteiger partial charge in [0.25, 0.3) is 4.84 Å². The molecule has 2 aromatic heterocycles. The van der Waals surface area contributed by atoms with Gasteiger partial charge in [0.05, 0.1) is 22.4 Å². The van der Waals surface area contributed by atoms with Crippen molar-refractivity contribution in [1.29, 1.82) is 0 Å². The second kappa shape index (κ2) is 11.2. The quantitative estimate of drug-likeness (QED) is 0.127. The first kappa shape index (κ1) is 22.4. The molecule has 2 heterocycles. The van der Waals surface area contributed by atoms with Gasteiger partial charge >= 0.3 is 0 Å². The Labute approximate surface area is 197 Å². The highest BCUT2D eigenvalue weighted by molar-refractivity contribution is 8.01. The van der Waals surface area contributed by atoms with Crippen molar-refractivity contribution < 1.29 is 4.42 Å². The molecule has 0 fully saturated rings. The second-order valence-electron chi connectivity index (χ2n) is 7.73. The van der Waals surface area contributed by atoms with E-state index in [1.165, 1.54) is 54.0 Å². The molecule has 0 aliphatic carbocycles. The van der Waals surface area contributed by atoms with Gasteiger partial charge in [-0.05, 0) is 49.0 Å². The van der Waals surface area contributed by atoms with Gasteiger partial charge in [-0.1, -0.05) is 69.3 Å². The minimum Gasteiger partial charge on any atom is -0.429 e. The number of fused-ring (bicyclic) bond motifs is 2. The molecule has 0 aliphatic heterocycles. The highest BCUT2D eigenvalue weighted by Crippen LogP contribution is 2.32. The maximum atomic E-state index is 5.67. The van der Waals surface area contributed by atoms with Crippen LogP contribution in [-0.4, -0.2) is 15.3 Å². The van der Waals surface area contributed by atoms with Gasteiger partial charge in [-0.15, -0.1) is 11.3 Å². The van der Waals surface area contributed by atoms with Gasteiger partial charge in [0.2, 0.25) is 0 Å². The van der Waals surface area contributed by atoms with E-state index in [1.54, 1.807) is 11.3 Å². The lowest BCUT2D eigenvalue weighted by molar-refractivity contribution is 0.546. The largest absolute Gasteiger partial charge is 0.429 e. The van der Waals surface area contributed by atoms with Crippen LogP contribution < -0.4 is 5.32 Å². The average Bonchev–Trinajstić information content (AvgIpc) is 3.33. The van der Waals surface area contributed by atoms with E-state index in [0.717, 1.165) is 28.1 Å². The fourth-order valence-electron chi connectivity index (χ4n) is 3.63. The normalized spacial score (nSPS) is 11.5. The number of unbranched alkanes of at least 4 members (excludes halogenated alkanes) is 6. The molecule has 0 amide bonds. The lowest BCUT2D eigenvalue weighted by Gasteiger charge is -2.07. The number of thioether (sulfide) groups is 1. The molecular weight excluding hydrogens is 442 g/mol. The first-order valence-corrected chi connectivity index (χ1v) is 13.3. The van der Waals surface area contributed by atoms with Crippen molar-refractivity contribution in [3.8, 4) is 0 Å². The van der Waals surface area contributed by atoms with E-state index in [1.807, 2.05) is 40.6 Å². The molecular formula is C24H29N3OS3. The molecule has 4 nitrogen and oxygen atoms in total. The minimum atomic E-state index is 0.483. The molecule has 2 aromatic carbocycles. The monoisotopic (exact) mass is 471 g/mol. The average molecular weight is 472 g/mol. The molecule has 31 heavy (non-hydrogen) atoms. The smallest absolute Gasteiger partial charge is 0.271 e. The minimum absolute atomic E-state index is 0.483. The Bertz CT molecular complexity index is 1180. The van der Waals surface area contributed by atoms with Gasteiger partial charge < -0.3 is 9.73 Å². The van der Waals surface area contributed by atoms with Gasteiger partial charge in [-0.2, -0.15) is 0 Å². The van der Waals surface area contributed by atoms with Gasteiger partial charge in [-0.25, -0.2) is 4.98 Å². The summed E-state index contributed by atoms with van der Waals surface area (Å²) in [5, 5.41) is 3.47. The summed E-state index contributed by atoms with van der Waals surface area (Å²) >= 11 is 9.05. The summed E-state index contributed by atoms with van der Waals surface area (Å²) in [6.45, 7) is 2.84. The van der Waals surface area contributed by atoms with Crippen molar-refractivity contribution in [2.45, 2.75) is 62.9 Å². The number of benzene rings is 2. The summed E-state index contributed by atoms with van der Waals surface area (Å²) in [6, 6.07) is 14.3. The van der Waals surface area contributed by atoms with E-state index in [-0.39, 0.29) is 0 Å². The molecule has 0 saturated carbocycles. The summed E-state index contributed by atoms with van der Waals surface area (Å²) in [5.41, 5.74) is 3.95. The van der Waals surface area contributed by atoms with Crippen molar-refractivity contribution in [2.75, 3.05) is 11.1 Å². The predicted molar refractivity (Wildman–Crippen MR) is 137 cm³/mol. The highest BCUT2D eigenvalue weighted by Gasteiger charge is 2.08. The predicted octanol–water partition coefficient (Wildman–Crippen LogP) is 8.49. The Morgan fingerprint density at radius 2 is 1.87 bits per heavy atom. The lowest BCUT2D eigenvalue weighted by atomic mass is 10.1. The fourth-order valence-corrected chi connectivity index (χ4v) is 6.06. The number of hydrogen-bond acceptors (Lipinski definition) is 6. The Balaban J connectivity index is 1.30. The number of aromatic nitrogens is 2. The number of nitrogens with one attached hydrogen (secondary N) is 1. The molecule has 0 radical (unpaired) electrons. The third-order valence-electron chi connectivity index (χ3n) is 5.36. The van der Waals surface area contributed by atoms with Crippen molar-refractivity contribution in [2.24, 2.45) is 0 Å². The Kier molecular flexibility index (Phi) is 8.05. The molecule has 0 atom stereocenters. The zero-order valence-corrected chi connectivity index (χ0v) is 20.4. The third-order valence-corrected chi connectivity index (χ3v) is 7.91. The van der Waals surface area contributed by atoms with Gasteiger partial charge in [0.1, 0.15) is 0 Å². The highest BCUT2D eigenvalue weighted by atomic mass is 32.2. The van der Waals surface area contributed by atoms with Crippen LogP contribution in [0.4, 0.5) is 5.69 Å². The Hall–Kier alpha value is -1.83. The van der Waals surface area contributed by atoms with Crippen LogP contribution in [0, 0.1) is 4.84 Å². The van der Waals surface area contributed by atoms with Gasteiger partial charge in [0, 0.05) is 11.4 Å². The molecule has 7 heteroatoms. The fraction of sp³-hybridized carbons (Fsp3) is 0.417. The standard InChI is InChI=1S/C24H29N3OS3/c1-2-3-4-5-6-7-10-15-30-23-26-19-14-13-18(16-22(19)31-23)25-17-27-20-11-8-9-12-21(20)28-24(27)29/h8-9,11-14,16,25H,2-7,10,15,17H2,1H3. The van der Waals surface area contributed by atoms with Gasteiger partial charge in [-0.3, -0.25) is 4.57 Å². The number of hydrogen-bond donors (Lipinski definition) is 1. The van der Waals surface area contributed by atoms with Crippen molar-refractivity contribution in [3.63, 3.8) is 0 Å². The summed E-state index contributed by atoms with van der Waals surface area (Å²) < 4.78 is 10.0. The number of oxazole rings is 1. The van der Waals surface area contributed by atoms with E-state index in [2.05, 4.69) is 30.4 Å². The molecule has 0 unspecified atom stereocenters. The van der Waals surface area contributed by atoms with Crippen molar-refractivity contribution in [1.82, 2.24) is 9.55 Å². The zero-order chi connectivity index (χ0) is 21.5. The molecule has 0 saturated heterocycles. The first-order chi connectivity index (χ1) is 15.2. The van der Waals surface area contributed by atoms with Crippen LogP contribution in [-0.2, 0) is 6.67 Å². The molecule has 4 rings (SSSR count). The van der Waals surface area contributed by atoms with E-state index in [0.29, 0.717) is 11.5 Å². The maximum Gasteiger partial charge on any atom is 0.271 e. The number of rotatable bonds is 12. The Morgan fingerprint density at radius 1 is 1.06 bits per heavy atom. The molecule has 0 spiro atoms. The van der Waals surface area contributed by atoms with E-state index < -0.39 is 0 Å². The molecule has 1 N–H and O–H groups in total. The van der Waals surface area contributed by atoms with Crippen LogP contribution in [0.1, 0.15) is 51.9 Å². The topological polar surface area (TPSA) is 43.0 Å². The van der Waals surface area contributed by atoms with Crippen LogP contribution in [0.2, 0.25) is 0 Å². The summed E-state index contributed by atoms with van der Waals surface area (Å²) in [4.78, 5) is 5.28. The van der Waals surface area contributed by atoms with Crippen LogP contribution in [0.15, 0.2) is 51.2 Å². The number of nitrogens with zero attached hydrogens (tertiary/aromatic N) is 2. The van der Waals surface area contributed by atoms with Gasteiger partial charge in [0.15, 0.2) is 9.92 Å². The van der Waals surface area contributed by atoms with Crippen LogP contribution in [0.3, 0.4) is 0 Å². The first-order valence-electron chi connectivity index (χ1n) is 11.1. The van der Waals surface area contributed by atoms with Crippen molar-refractivity contribution >= 4 is 62.3 Å². The van der Waals surface area contributed by atoms with E-state index in [4.69, 9.17) is 21.6 Å². The zero-order valence-electron chi connectivity index (χ0n) is 17.9. The van der Waals surface area contributed by atoms with Crippen LogP contribution >= 0.6 is 35.3 Å². The summed E-state index contributed by atoms with van der Waals surface area (Å²) in [7, 11) is 0. The maximum absolute atomic E-state index is 5.67.